The van der Waals surface area contributed by atoms with Gasteiger partial charge in [0.1, 0.15) is 92.2 Å². The summed E-state index contributed by atoms with van der Waals surface area (Å²) in [6, 6.07) is 32.7. The minimum absolute atomic E-state index is 0.0508. The van der Waals surface area contributed by atoms with Crippen molar-refractivity contribution in [2.24, 2.45) is 7.05 Å². The fraction of sp³-hybridized carbons (Fsp3) is 0.438. The van der Waals surface area contributed by atoms with Gasteiger partial charge in [-0.25, -0.2) is 69.4 Å². The van der Waals surface area contributed by atoms with E-state index in [9.17, 15) is 44.3 Å². The van der Waals surface area contributed by atoms with Crippen molar-refractivity contribution in [2.45, 2.75) is 258 Å². The first-order valence-corrected chi connectivity index (χ1v) is 52.8. The van der Waals surface area contributed by atoms with Gasteiger partial charge in [-0.1, -0.05) is 152 Å². The molecule has 14 aromatic rings. The van der Waals surface area contributed by atoms with E-state index in [1.807, 2.05) is 129 Å². The van der Waals surface area contributed by atoms with Crippen LogP contribution in [0, 0.1) is 18.6 Å². The summed E-state index contributed by atoms with van der Waals surface area (Å²) in [4.78, 5) is 42.3. The maximum absolute atomic E-state index is 14.4. The number of aromatic amines is 1. The average molecular weight is 2070 g/mol. The Morgan fingerprint density at radius 2 is 0.834 bits per heavy atom. The van der Waals surface area contributed by atoms with Gasteiger partial charge in [-0.3, -0.25) is 4.79 Å². The monoisotopic (exact) mass is 2070 g/mol. The van der Waals surface area contributed by atoms with Crippen LogP contribution in [0.5, 0.6) is 40.2 Å². The van der Waals surface area contributed by atoms with E-state index in [0.717, 1.165) is 210 Å². The van der Waals surface area contributed by atoms with Crippen LogP contribution in [0.3, 0.4) is 0 Å². The molecule has 3 N–H and O–H groups in total. The van der Waals surface area contributed by atoms with E-state index in [1.54, 1.807) is 47.7 Å². The van der Waals surface area contributed by atoms with Crippen LogP contribution in [0.1, 0.15) is 247 Å². The lowest BCUT2D eigenvalue weighted by atomic mass is 10.2. The molecule has 7 aromatic heterocycles. The van der Waals surface area contributed by atoms with Gasteiger partial charge >= 0.3 is 0 Å². The zero-order chi connectivity index (χ0) is 105. The molecule has 0 fully saturated rings. The molecular weight excluding hydrogens is 1930 g/mol. The van der Waals surface area contributed by atoms with Crippen LogP contribution in [-0.2, 0) is 39.3 Å². The van der Waals surface area contributed by atoms with E-state index in [1.165, 1.54) is 33.5 Å². The summed E-state index contributed by atoms with van der Waals surface area (Å²) in [5.74, 6) is 5.80. The summed E-state index contributed by atoms with van der Waals surface area (Å²) in [7, 11) is 2.04. The molecule has 7 aromatic carbocycles. The molecular formula is C112H142F9N11O10S3. The van der Waals surface area contributed by atoms with Crippen LogP contribution in [-0.4, -0.2) is 104 Å². The average Bonchev–Trinajstić information content (AvgIpc) is 1.67. The van der Waals surface area contributed by atoms with Crippen LogP contribution >= 0.6 is 34.0 Å². The van der Waals surface area contributed by atoms with Gasteiger partial charge in [0.05, 0.1) is 114 Å². The third-order valence-electron chi connectivity index (χ3n) is 23.2. The highest BCUT2D eigenvalue weighted by molar-refractivity contribution is 7.22. The fourth-order valence-electron chi connectivity index (χ4n) is 13.7. The van der Waals surface area contributed by atoms with E-state index < -0.39 is 11.6 Å². The summed E-state index contributed by atoms with van der Waals surface area (Å²) >= 11 is 4.23. The number of thiazole rings is 3. The number of oxazole rings is 1. The lowest BCUT2D eigenvalue weighted by molar-refractivity contribution is 0.276. The number of nitrogens with one attached hydrogen (secondary N) is 3. The first-order chi connectivity index (χ1) is 70.5. The Morgan fingerprint density at radius 3 is 1.36 bits per heavy atom. The maximum atomic E-state index is 14.4. The molecule has 0 aliphatic rings. The Morgan fingerprint density at radius 1 is 0.407 bits per heavy atom. The number of rotatable bonds is 49. The second-order valence-corrected chi connectivity index (χ2v) is 37.2. The summed E-state index contributed by atoms with van der Waals surface area (Å²) in [5, 5.41) is 9.53. The number of hydrogen-bond donors (Lipinski definition) is 3. The van der Waals surface area contributed by atoms with Gasteiger partial charge in [0.2, 0.25) is 0 Å². The van der Waals surface area contributed by atoms with Gasteiger partial charge in [-0.15, -0.1) is 11.3 Å². The molecule has 0 unspecified atom stereocenters. The van der Waals surface area contributed by atoms with Crippen molar-refractivity contribution in [3.63, 3.8) is 0 Å². The lowest BCUT2D eigenvalue weighted by Gasteiger charge is -2.09. The largest absolute Gasteiger partial charge is 0.489 e. The molecule has 0 saturated heterocycles. The number of H-pyrrole nitrogens is 1. The van der Waals surface area contributed by atoms with Crippen molar-refractivity contribution in [2.75, 3.05) is 70.0 Å². The summed E-state index contributed by atoms with van der Waals surface area (Å²) in [6.07, 6.45) is 24.9. The number of fused-ring (bicyclic) bond motifs is 7. The molecule has 14 rings (SSSR count). The van der Waals surface area contributed by atoms with Crippen LogP contribution in [0.2, 0.25) is 0 Å². The molecule has 0 aliphatic heterocycles. The van der Waals surface area contributed by atoms with Gasteiger partial charge in [-0.05, 0) is 233 Å². The highest BCUT2D eigenvalue weighted by Crippen LogP contribution is 2.37. The smallest absolute Gasteiger partial charge is 0.290 e. The quantitative estimate of drug-likeness (QED) is 0.0301. The number of imidazole rings is 2. The zero-order valence-electron chi connectivity index (χ0n) is 86.6. The molecule has 7 heterocycles. The third kappa shape index (κ3) is 36.7. The van der Waals surface area contributed by atoms with Crippen molar-refractivity contribution >= 4 is 119 Å². The Hall–Kier alpha value is -12.4. The Bertz CT molecular complexity index is 6230. The molecule has 145 heavy (non-hydrogen) atoms. The molecule has 21 nitrogen and oxygen atoms in total. The zero-order valence-corrected chi connectivity index (χ0v) is 89.0. The molecule has 0 atom stereocenters. The third-order valence-corrected chi connectivity index (χ3v) is 26.3. The predicted molar refractivity (Wildman–Crippen MR) is 577 cm³/mol. The molecule has 0 bridgehead atoms. The molecule has 33 heteroatoms. The lowest BCUT2D eigenvalue weighted by Crippen LogP contribution is -2.13. The van der Waals surface area contributed by atoms with Crippen LogP contribution < -0.4 is 49.4 Å². The van der Waals surface area contributed by atoms with Crippen molar-refractivity contribution in [3.05, 3.63) is 243 Å². The number of unbranched alkanes of at least 4 members (excludes halogenated alkanes) is 5. The van der Waals surface area contributed by atoms with Gasteiger partial charge in [0.25, 0.3) is 5.56 Å². The highest BCUT2D eigenvalue weighted by Gasteiger charge is 2.20. The first-order valence-electron chi connectivity index (χ1n) is 50.4. The summed E-state index contributed by atoms with van der Waals surface area (Å²) in [5.41, 5.74) is 13.2. The van der Waals surface area contributed by atoms with Gasteiger partial charge in [0, 0.05) is 63.2 Å². The number of aromatic nitrogens is 9. The number of aryl methyl sites for hydroxylation is 7. The number of hydrogen-bond acceptors (Lipinski definition) is 21. The van der Waals surface area contributed by atoms with E-state index in [2.05, 4.69) is 98.6 Å². The Labute approximate surface area is 857 Å². The van der Waals surface area contributed by atoms with Crippen LogP contribution in [0.4, 0.5) is 49.8 Å². The van der Waals surface area contributed by atoms with Gasteiger partial charge in [0.15, 0.2) is 50.5 Å². The molecule has 0 spiro atoms. The van der Waals surface area contributed by atoms with Crippen LogP contribution in [0.15, 0.2) is 206 Å². The minimum Gasteiger partial charge on any atom is -0.489 e. The predicted octanol–water partition coefficient (Wildman–Crippen LogP) is 33.3. The second kappa shape index (κ2) is 64.5. The normalized spacial score (nSPS) is 12.0. The molecule has 786 valence electrons. The minimum atomic E-state index is -0.441. The van der Waals surface area contributed by atoms with E-state index in [-0.39, 0.29) is 63.3 Å². The number of benzene rings is 7. The van der Waals surface area contributed by atoms with Crippen molar-refractivity contribution in [1.82, 2.24) is 44.2 Å². The van der Waals surface area contributed by atoms with Crippen molar-refractivity contribution < 1.29 is 81.6 Å². The number of anilines is 2. The van der Waals surface area contributed by atoms with Crippen molar-refractivity contribution in [1.29, 1.82) is 0 Å². The van der Waals surface area contributed by atoms with Gasteiger partial charge < -0.3 is 62.3 Å². The fourth-order valence-corrected chi connectivity index (χ4v) is 16.6. The Kier molecular flexibility index (Phi) is 52.4. The number of nitrogens with zero attached hydrogens (tertiary/aromatic N) is 8. The van der Waals surface area contributed by atoms with E-state index >= 15 is 0 Å². The summed E-state index contributed by atoms with van der Waals surface area (Å²) in [6.45, 7) is 33.7. The molecule has 0 saturated carbocycles. The van der Waals surface area contributed by atoms with Gasteiger partial charge in [-0.2, -0.15) is 4.74 Å². The molecule has 0 radical (unpaired) electrons. The Balaban J connectivity index is 0.000000207. The number of ether oxygens (including phenoxy) is 7. The maximum Gasteiger partial charge on any atom is 0.290 e. The summed E-state index contributed by atoms with van der Waals surface area (Å²) < 4.78 is 172. The first kappa shape index (κ1) is 118. The van der Waals surface area contributed by atoms with E-state index in [4.69, 9.17) is 42.1 Å². The SMILES string of the molecule is CCCCc1nc2cc(OC/C(=C/F)CC)ccc2n1C.CCCCc1nc2ccc(OC/C(=C/F)CC)c(C)c2o1.CCCCc1nc2ccc(OC/C(=C/F)CC)cc2[nH]1.CCCCc1nc2ccc(OC/C(=C\F)CC)c(F)c2s1.CCCCn1oc2cc(OC/C(=C/F)CC)ccc2c1=O.CCCNc1nc2ccc(OC/C(=C\F)CC)c(F)c2s1.CCCNc1nc2ccc(OC/C(=C\F)CC)cc2s1. The molecule has 0 amide bonds. The number of halogens is 9. The van der Waals surface area contributed by atoms with Crippen LogP contribution in [0.25, 0.3) is 74.8 Å². The van der Waals surface area contributed by atoms with E-state index in [0.29, 0.717) is 183 Å². The second-order valence-electron chi connectivity index (χ2n) is 34.1. The topological polar surface area (TPSA) is 235 Å². The highest BCUT2D eigenvalue weighted by atomic mass is 32.1. The molecule has 0 aliphatic carbocycles. The van der Waals surface area contributed by atoms with Crippen molar-refractivity contribution in [3.8, 4) is 40.2 Å². The standard InChI is InChI=1S/C17H23FN2O.C17H22FNO2.C16H19F2NOS.C16H21FN2O.C16H20FNO3.C15H18F2N2OS.C15H19FN2OS/c1-4-6-7-17-19-15-10-14(8-9-16(15)20(17)3)21-12-13(5-2)11-18;1-4-6-7-16-19-14-8-9-15(12(3)17(14)21-16)20-11-13(5-2)10-18;1-3-5-6-14-19-12-7-8-13(15(18)16(12)21-14)20-10-11(4-2)9-17;1-3-5-6-16-18-14-8-7-13(9-15(14)19-16)20-11-12(4-2)10-17;1-3-5-8-18-16(19)14-7-6-13(9-15(14)21-18)20-11-12(4-2)10-17;1-3-7-18-15-19-11-5-6-12(13(17)14(11)21-15)20-9-10(4-2)8-16;1-3-7-17-15-18-13-6-5-12(8-14(13)20-15)19-10-11(4-2)9-16/h8-11H,4-7,12H2,1-3H3;8-10H,4-7,11H2,1-3H3;7-9H,3-6,10H2,1-2H3;7-10H,3-6,11H2,1-2H3,(H,18,19);6-7,9-10H,3-5,8,11H2,1-2H3;5-6,8H,3-4,7,9H2,1-2H3,(H,18,19);5-6,8-9H,3-4,7,10H2,1-2H3,(H,17,18)/b13-11+;13-10+;11-9-;2*12-10+;10-8-;11-9-.